The highest BCUT2D eigenvalue weighted by molar-refractivity contribution is 5.81. The van der Waals surface area contributed by atoms with Crippen molar-refractivity contribution in [3.05, 3.63) is 89.5 Å². The summed E-state index contributed by atoms with van der Waals surface area (Å²) in [6, 6.07) is 22.5. The molecule has 6 nitrogen and oxygen atoms in total. The summed E-state index contributed by atoms with van der Waals surface area (Å²) >= 11 is 0. The second-order valence-corrected chi connectivity index (χ2v) is 9.23. The van der Waals surface area contributed by atoms with Crippen LogP contribution in [-0.2, 0) is 16.0 Å². The maximum Gasteiger partial charge on any atom is 0.407 e. The van der Waals surface area contributed by atoms with E-state index in [-0.39, 0.29) is 25.0 Å². The Bertz CT molecular complexity index is 1150. The van der Waals surface area contributed by atoms with Crippen LogP contribution in [0.4, 0.5) is 4.79 Å². The van der Waals surface area contributed by atoms with Crippen LogP contribution in [-0.4, -0.2) is 35.9 Å². The highest BCUT2D eigenvalue weighted by atomic mass is 16.5. The summed E-state index contributed by atoms with van der Waals surface area (Å²) in [5.41, 5.74) is 5.30. The SMILES string of the molecule is O=C(N[C@@H](Cc1ccc(OC2CCCC2)cc1)C(=O)O)OCC1c2ccccc2-c2ccccc21. The van der Waals surface area contributed by atoms with E-state index in [1.165, 1.54) is 12.8 Å². The summed E-state index contributed by atoms with van der Waals surface area (Å²) in [4.78, 5) is 24.4. The number of nitrogens with one attached hydrogen (secondary N) is 1. The van der Waals surface area contributed by atoms with Gasteiger partial charge in [0.1, 0.15) is 18.4 Å². The molecule has 0 aromatic heterocycles. The molecule has 35 heavy (non-hydrogen) atoms. The number of rotatable bonds is 8. The largest absolute Gasteiger partial charge is 0.490 e. The van der Waals surface area contributed by atoms with Crippen molar-refractivity contribution in [2.45, 2.75) is 50.2 Å². The first-order valence-electron chi connectivity index (χ1n) is 12.2. The lowest BCUT2D eigenvalue weighted by atomic mass is 9.98. The molecule has 2 aliphatic rings. The molecule has 0 saturated heterocycles. The predicted octanol–water partition coefficient (Wildman–Crippen LogP) is 5.54. The van der Waals surface area contributed by atoms with E-state index >= 15 is 0 Å². The molecule has 0 aliphatic heterocycles. The van der Waals surface area contributed by atoms with Gasteiger partial charge in [0.05, 0.1) is 6.10 Å². The summed E-state index contributed by atoms with van der Waals surface area (Å²) in [6.07, 6.45) is 4.24. The average molecular weight is 472 g/mol. The molecule has 0 unspecified atom stereocenters. The van der Waals surface area contributed by atoms with Crippen LogP contribution in [0.5, 0.6) is 5.75 Å². The van der Waals surface area contributed by atoms with Gasteiger partial charge in [-0.1, -0.05) is 60.7 Å². The summed E-state index contributed by atoms with van der Waals surface area (Å²) < 4.78 is 11.5. The Balaban J connectivity index is 1.19. The summed E-state index contributed by atoms with van der Waals surface area (Å²) in [7, 11) is 0. The van der Waals surface area contributed by atoms with Crippen molar-refractivity contribution in [3.63, 3.8) is 0 Å². The molecule has 0 radical (unpaired) electrons. The number of carbonyl (C=O) groups is 2. The van der Waals surface area contributed by atoms with Crippen LogP contribution in [0.2, 0.25) is 0 Å². The first-order chi connectivity index (χ1) is 17.1. The average Bonchev–Trinajstić information content (AvgIpc) is 3.49. The molecule has 0 bridgehead atoms. The number of ether oxygens (including phenoxy) is 2. The van der Waals surface area contributed by atoms with Crippen LogP contribution in [0.25, 0.3) is 11.1 Å². The van der Waals surface area contributed by atoms with E-state index in [0.717, 1.165) is 46.4 Å². The number of carboxylic acid groups (broad SMARTS) is 1. The quantitative estimate of drug-likeness (QED) is 0.450. The van der Waals surface area contributed by atoms with E-state index in [1.54, 1.807) is 0 Å². The number of hydrogen-bond acceptors (Lipinski definition) is 4. The molecule has 0 spiro atoms. The van der Waals surface area contributed by atoms with Crippen molar-refractivity contribution < 1.29 is 24.2 Å². The summed E-state index contributed by atoms with van der Waals surface area (Å²) in [5, 5.41) is 12.2. The molecular weight excluding hydrogens is 442 g/mol. The number of hydrogen-bond donors (Lipinski definition) is 2. The minimum absolute atomic E-state index is 0.0798. The number of carboxylic acids is 1. The van der Waals surface area contributed by atoms with Crippen LogP contribution in [0.3, 0.4) is 0 Å². The Kier molecular flexibility index (Phi) is 6.70. The summed E-state index contributed by atoms with van der Waals surface area (Å²) in [6.45, 7) is 0.138. The van der Waals surface area contributed by atoms with Crippen molar-refractivity contribution in [1.29, 1.82) is 0 Å². The van der Waals surface area contributed by atoms with E-state index < -0.39 is 18.1 Å². The van der Waals surface area contributed by atoms with E-state index in [2.05, 4.69) is 17.4 Å². The molecule has 1 saturated carbocycles. The van der Waals surface area contributed by atoms with Gasteiger partial charge in [0.25, 0.3) is 0 Å². The lowest BCUT2D eigenvalue weighted by Gasteiger charge is -2.18. The fourth-order valence-electron chi connectivity index (χ4n) is 5.12. The highest BCUT2D eigenvalue weighted by Crippen LogP contribution is 2.44. The standard InChI is InChI=1S/C29H29NO5/c31-28(32)27(17-19-13-15-21(16-14-19)35-20-7-1-2-8-20)30-29(33)34-18-26-24-11-5-3-9-22(24)23-10-4-6-12-25(23)26/h3-6,9-16,20,26-27H,1-2,7-8,17-18H2,(H,30,33)(H,31,32)/t27-/m0/s1. The number of amides is 1. The Morgan fingerprint density at radius 2 is 1.49 bits per heavy atom. The van der Waals surface area contributed by atoms with E-state index in [9.17, 15) is 14.7 Å². The molecule has 5 rings (SSSR count). The third kappa shape index (κ3) is 5.16. The molecule has 0 heterocycles. The van der Waals surface area contributed by atoms with Crippen molar-refractivity contribution in [3.8, 4) is 16.9 Å². The third-order valence-corrected chi connectivity index (χ3v) is 6.90. The number of benzene rings is 3. The Morgan fingerprint density at radius 1 is 0.886 bits per heavy atom. The van der Waals surface area contributed by atoms with Crippen LogP contribution in [0.15, 0.2) is 72.8 Å². The molecule has 1 atom stereocenters. The van der Waals surface area contributed by atoms with Gasteiger partial charge in [-0.3, -0.25) is 0 Å². The van der Waals surface area contributed by atoms with Gasteiger partial charge in [0.15, 0.2) is 0 Å². The topological polar surface area (TPSA) is 84.9 Å². The van der Waals surface area contributed by atoms with Crippen LogP contribution in [0, 0.1) is 0 Å². The number of carbonyl (C=O) groups excluding carboxylic acids is 1. The smallest absolute Gasteiger partial charge is 0.407 e. The second-order valence-electron chi connectivity index (χ2n) is 9.23. The van der Waals surface area contributed by atoms with Crippen LogP contribution in [0.1, 0.15) is 48.3 Å². The van der Waals surface area contributed by atoms with Gasteiger partial charge >= 0.3 is 12.1 Å². The van der Waals surface area contributed by atoms with Gasteiger partial charge in [0.2, 0.25) is 0 Å². The summed E-state index contributed by atoms with van der Waals surface area (Å²) in [5.74, 6) is -0.398. The Morgan fingerprint density at radius 3 is 2.09 bits per heavy atom. The second kappa shape index (κ2) is 10.2. The van der Waals surface area contributed by atoms with Crippen molar-refractivity contribution in [2.24, 2.45) is 0 Å². The van der Waals surface area contributed by atoms with Crippen molar-refractivity contribution in [2.75, 3.05) is 6.61 Å². The minimum Gasteiger partial charge on any atom is -0.490 e. The molecule has 2 N–H and O–H groups in total. The van der Waals surface area contributed by atoms with Gasteiger partial charge in [-0.25, -0.2) is 9.59 Å². The highest BCUT2D eigenvalue weighted by Gasteiger charge is 2.30. The maximum absolute atomic E-state index is 12.6. The van der Waals surface area contributed by atoms with E-state index in [1.807, 2.05) is 60.7 Å². The van der Waals surface area contributed by atoms with Gasteiger partial charge in [0, 0.05) is 12.3 Å². The number of fused-ring (bicyclic) bond motifs is 3. The molecule has 1 amide bonds. The van der Waals surface area contributed by atoms with Gasteiger partial charge < -0.3 is 19.9 Å². The van der Waals surface area contributed by atoms with Gasteiger partial charge in [-0.2, -0.15) is 0 Å². The zero-order valence-corrected chi connectivity index (χ0v) is 19.5. The van der Waals surface area contributed by atoms with Crippen molar-refractivity contribution in [1.82, 2.24) is 5.32 Å². The predicted molar refractivity (Wildman–Crippen MR) is 133 cm³/mol. The van der Waals surface area contributed by atoms with Crippen LogP contribution >= 0.6 is 0 Å². The normalized spacial score (nSPS) is 15.8. The monoisotopic (exact) mass is 471 g/mol. The Hall–Kier alpha value is -3.80. The van der Waals surface area contributed by atoms with Gasteiger partial charge in [-0.05, 0) is 65.6 Å². The molecule has 6 heteroatoms. The van der Waals surface area contributed by atoms with Crippen LogP contribution < -0.4 is 10.1 Å². The number of aliphatic carboxylic acids is 1. The lowest BCUT2D eigenvalue weighted by molar-refractivity contribution is -0.139. The minimum atomic E-state index is -1.11. The lowest BCUT2D eigenvalue weighted by Crippen LogP contribution is -2.42. The molecule has 2 aliphatic carbocycles. The van der Waals surface area contributed by atoms with E-state index in [4.69, 9.17) is 9.47 Å². The zero-order chi connectivity index (χ0) is 24.2. The third-order valence-electron chi connectivity index (χ3n) is 6.90. The molecule has 1 fully saturated rings. The molecule has 180 valence electrons. The van der Waals surface area contributed by atoms with E-state index in [0.29, 0.717) is 0 Å². The van der Waals surface area contributed by atoms with Gasteiger partial charge in [-0.15, -0.1) is 0 Å². The Labute approximate surface area is 204 Å². The first kappa shape index (κ1) is 23.0. The fourth-order valence-corrected chi connectivity index (χ4v) is 5.12. The van der Waals surface area contributed by atoms with Crippen molar-refractivity contribution >= 4 is 12.1 Å². The molecule has 3 aromatic rings. The first-order valence-corrected chi connectivity index (χ1v) is 12.2. The number of alkyl carbamates (subject to hydrolysis) is 1. The fraction of sp³-hybridized carbons (Fsp3) is 0.310. The molecule has 3 aromatic carbocycles. The molecular formula is C29H29NO5. The maximum atomic E-state index is 12.6. The zero-order valence-electron chi connectivity index (χ0n) is 19.5.